The Morgan fingerprint density at radius 2 is 1.60 bits per heavy atom. The smallest absolute Gasteiger partial charge is 0.410 e. The molecule has 2 bridgehead atoms. The quantitative estimate of drug-likeness (QED) is 0.0741. The van der Waals surface area contributed by atoms with Gasteiger partial charge in [-0.15, -0.1) is 0 Å². The number of aliphatic hydroxyl groups excluding tert-OH is 1. The maximum Gasteiger partial charge on any atom is 0.410 e. The Hall–Kier alpha value is -6.17. The molecule has 17 nitrogen and oxygen atoms in total. The summed E-state index contributed by atoms with van der Waals surface area (Å²) in [5, 5.41) is 28.8. The molecule has 1 aliphatic heterocycles. The number of Topliss-reactive ketones (excluding diaryl/α,β-unsaturated/α-hetero) is 1. The molecule has 3 aliphatic carbocycles. The Balaban J connectivity index is 1.59. The molecule has 2 aromatic rings. The van der Waals surface area contributed by atoms with E-state index in [0.29, 0.717) is 12.0 Å². The number of hydrogen-bond donors (Lipinski definition) is 3. The second kappa shape index (κ2) is 19.8. The lowest BCUT2D eigenvalue weighted by Crippen LogP contribution is -2.82. The zero-order valence-corrected chi connectivity index (χ0v) is 39.9. The van der Waals surface area contributed by atoms with Gasteiger partial charge in [0.2, 0.25) is 6.10 Å². The number of rotatable bonds is 14. The number of hydrogen-bond acceptors (Lipinski definition) is 15. The van der Waals surface area contributed by atoms with Crippen molar-refractivity contribution in [2.45, 2.75) is 129 Å². The lowest BCUT2D eigenvalue weighted by Gasteiger charge is -2.67. The predicted molar refractivity (Wildman–Crippen MR) is 243 cm³/mol. The van der Waals surface area contributed by atoms with Crippen LogP contribution >= 0.6 is 0 Å². The number of carbonyl (C=O) groups excluding carboxylic acids is 7. The summed E-state index contributed by atoms with van der Waals surface area (Å²) in [6.07, 6.45) is -8.01. The zero-order chi connectivity index (χ0) is 50.1. The highest BCUT2D eigenvalue weighted by atomic mass is 16.6. The summed E-state index contributed by atoms with van der Waals surface area (Å²) in [5.41, 5.74) is -7.53. The van der Waals surface area contributed by atoms with E-state index in [4.69, 9.17) is 28.4 Å². The van der Waals surface area contributed by atoms with Crippen molar-refractivity contribution in [3.05, 3.63) is 107 Å². The second-order valence-electron chi connectivity index (χ2n) is 18.8. The van der Waals surface area contributed by atoms with E-state index in [1.165, 1.54) is 44.0 Å². The molecule has 2 saturated carbocycles. The first-order valence-corrected chi connectivity index (χ1v) is 22.7. The minimum Gasteiger partial charge on any atom is -0.455 e. The van der Waals surface area contributed by atoms with Crippen molar-refractivity contribution in [2.75, 3.05) is 20.2 Å². The van der Waals surface area contributed by atoms with Gasteiger partial charge in [0, 0.05) is 51.3 Å². The summed E-state index contributed by atoms with van der Waals surface area (Å²) in [5.74, 6) is -7.04. The van der Waals surface area contributed by atoms with Gasteiger partial charge in [-0.2, -0.15) is 0 Å². The fraction of sp³-hybridized carbons (Fsp3) is 0.510. The number of aliphatic hydroxyl groups is 2. The Kier molecular flexibility index (Phi) is 14.9. The van der Waals surface area contributed by atoms with Crippen LogP contribution in [-0.2, 0) is 52.4 Å². The minimum absolute atomic E-state index is 0.0233. The standard InChI is InChI=1S/C51H62N2O15/c1-11-19-28(3)44(58)52-38(32-20-15-13-16-21-32)40(66-47(61)53(10)24-12-2)46(60)65-34-26-51(62)43(67-45(59)33-22-17-14-18-23-33)41-49(9,35(56)25-36-50(41,27-63-36)68-31(6)55)42(57)39(64-30(5)54)37(29(34)4)48(51,7)8/h11,13-23,34-36,38-41,43,56,62H,3,12,24-27H2,1-2,4-10H3,(H,52,58)/t34-,35-,36+,38-,39+,40+,41-,43-,49+,50-,51+/m0/s1. The number of esters is 4. The van der Waals surface area contributed by atoms with Crippen LogP contribution in [0.1, 0.15) is 96.6 Å². The van der Waals surface area contributed by atoms with Crippen LogP contribution in [0.15, 0.2) is 96.1 Å². The van der Waals surface area contributed by atoms with Crippen LogP contribution in [0, 0.1) is 16.7 Å². The molecule has 17 heteroatoms. The molecule has 0 aromatic heterocycles. The normalized spacial score (nSPS) is 30.1. The summed E-state index contributed by atoms with van der Waals surface area (Å²) in [6, 6.07) is 14.7. The molecule has 0 radical (unpaired) electrons. The Morgan fingerprint density at radius 3 is 2.16 bits per heavy atom. The highest BCUT2D eigenvalue weighted by molar-refractivity contribution is 5.97. The first-order valence-electron chi connectivity index (χ1n) is 22.7. The number of ether oxygens (including phenoxy) is 6. The van der Waals surface area contributed by atoms with Crippen molar-refractivity contribution >= 4 is 41.7 Å². The summed E-state index contributed by atoms with van der Waals surface area (Å²) < 4.78 is 36.7. The summed E-state index contributed by atoms with van der Waals surface area (Å²) in [4.78, 5) is 100. The van der Waals surface area contributed by atoms with Crippen LogP contribution in [0.4, 0.5) is 4.79 Å². The fourth-order valence-corrected chi connectivity index (χ4v) is 10.6. The molecule has 1 heterocycles. The number of nitrogens with one attached hydrogen (secondary N) is 1. The molecule has 2 aromatic carbocycles. The van der Waals surface area contributed by atoms with Crippen molar-refractivity contribution in [3.63, 3.8) is 0 Å². The van der Waals surface area contributed by atoms with Crippen LogP contribution in [-0.4, -0.2) is 125 Å². The van der Waals surface area contributed by atoms with E-state index in [1.807, 2.05) is 6.92 Å². The SMILES string of the molecule is C=C(C=CC)C(=O)N[C@@H](c1ccccc1)[C@@H](OC(=O)N(C)CCC)C(=O)O[C@H]1C[C@@]2(O)[C@@H](OC(=O)c3ccccc3)[C@@H]3[C@]4(OC(C)=O)CO[C@@H]4C[C@H](O)[C@@]3(C)C(=O)[C@H](OC(C)=O)C(=C1C)C2(C)C. The van der Waals surface area contributed by atoms with Gasteiger partial charge in [0.1, 0.15) is 30.0 Å². The van der Waals surface area contributed by atoms with Crippen molar-refractivity contribution in [1.29, 1.82) is 0 Å². The van der Waals surface area contributed by atoms with E-state index in [1.54, 1.807) is 75.4 Å². The van der Waals surface area contributed by atoms with E-state index in [0.717, 1.165) is 13.8 Å². The Labute approximate surface area is 395 Å². The van der Waals surface area contributed by atoms with Gasteiger partial charge in [-0.05, 0) is 56.0 Å². The third-order valence-electron chi connectivity index (χ3n) is 14.2. The highest BCUT2D eigenvalue weighted by Gasteiger charge is 2.78. The van der Waals surface area contributed by atoms with Gasteiger partial charge in [-0.1, -0.05) is 88.0 Å². The van der Waals surface area contributed by atoms with Gasteiger partial charge >= 0.3 is 30.0 Å². The molecule has 3 fully saturated rings. The second-order valence-corrected chi connectivity index (χ2v) is 18.8. The molecule has 3 N–H and O–H groups in total. The number of nitrogens with zero attached hydrogens (tertiary/aromatic N) is 1. The number of amides is 2. The van der Waals surface area contributed by atoms with Gasteiger partial charge in [0.05, 0.1) is 29.6 Å². The molecule has 0 spiro atoms. The number of fused-ring (bicyclic) bond motifs is 5. The fourth-order valence-electron chi connectivity index (χ4n) is 10.6. The van der Waals surface area contributed by atoms with Gasteiger partial charge in [-0.3, -0.25) is 19.2 Å². The molecule has 1 saturated heterocycles. The van der Waals surface area contributed by atoms with Crippen molar-refractivity contribution in [2.24, 2.45) is 16.7 Å². The van der Waals surface area contributed by atoms with E-state index in [-0.39, 0.29) is 41.9 Å². The van der Waals surface area contributed by atoms with Crippen molar-refractivity contribution in [3.8, 4) is 0 Å². The minimum atomic E-state index is -2.45. The lowest BCUT2D eigenvalue weighted by molar-refractivity contribution is -0.346. The number of allylic oxidation sites excluding steroid dienone is 1. The van der Waals surface area contributed by atoms with Gasteiger partial charge < -0.3 is 48.9 Å². The first kappa shape index (κ1) is 51.2. The third kappa shape index (κ3) is 9.10. The van der Waals surface area contributed by atoms with Crippen molar-refractivity contribution < 1.29 is 72.2 Å². The lowest BCUT2D eigenvalue weighted by atomic mass is 9.44. The van der Waals surface area contributed by atoms with Crippen LogP contribution in [0.25, 0.3) is 0 Å². The number of ketones is 1. The molecule has 2 amide bonds. The summed E-state index contributed by atoms with van der Waals surface area (Å²) >= 11 is 0. The average molecular weight is 943 g/mol. The Bertz CT molecular complexity index is 2380. The molecule has 0 unspecified atom stereocenters. The predicted octanol–water partition coefficient (Wildman–Crippen LogP) is 5.04. The van der Waals surface area contributed by atoms with Crippen LogP contribution in [0.5, 0.6) is 0 Å². The van der Waals surface area contributed by atoms with Crippen LogP contribution < -0.4 is 5.32 Å². The topological polar surface area (TPSA) is 231 Å². The largest absolute Gasteiger partial charge is 0.455 e. The molecule has 11 atom stereocenters. The molecule has 6 rings (SSSR count). The van der Waals surface area contributed by atoms with E-state index in [9.17, 15) is 34.2 Å². The molecule has 68 heavy (non-hydrogen) atoms. The molecular weight excluding hydrogens is 881 g/mol. The monoisotopic (exact) mass is 942 g/mol. The summed E-state index contributed by atoms with van der Waals surface area (Å²) in [6.45, 7) is 15.5. The average Bonchev–Trinajstić information content (AvgIpc) is 3.28. The number of benzene rings is 2. The molecule has 366 valence electrons. The van der Waals surface area contributed by atoms with Crippen LogP contribution in [0.3, 0.4) is 0 Å². The highest BCUT2D eigenvalue weighted by Crippen LogP contribution is 2.64. The van der Waals surface area contributed by atoms with Gasteiger partial charge in [0.15, 0.2) is 17.5 Å². The number of carbonyl (C=O) groups is 7. The van der Waals surface area contributed by atoms with Crippen molar-refractivity contribution in [1.82, 2.24) is 10.2 Å². The third-order valence-corrected chi connectivity index (χ3v) is 14.2. The first-order chi connectivity index (χ1) is 32.0. The maximum absolute atomic E-state index is 15.7. The summed E-state index contributed by atoms with van der Waals surface area (Å²) in [7, 11) is 1.47. The molecule has 4 aliphatic rings. The van der Waals surface area contributed by atoms with E-state index in [2.05, 4.69) is 11.9 Å². The van der Waals surface area contributed by atoms with E-state index >= 15 is 9.59 Å². The van der Waals surface area contributed by atoms with Gasteiger partial charge in [-0.25, -0.2) is 14.4 Å². The Morgan fingerprint density at radius 1 is 0.971 bits per heavy atom. The maximum atomic E-state index is 15.7. The molecular formula is C51H62N2O15. The van der Waals surface area contributed by atoms with Gasteiger partial charge in [0.25, 0.3) is 5.91 Å². The van der Waals surface area contributed by atoms with Crippen LogP contribution in [0.2, 0.25) is 0 Å². The van der Waals surface area contributed by atoms with E-state index < -0.39 is 119 Å². The zero-order valence-electron chi connectivity index (χ0n) is 39.9.